The monoisotopic (exact) mass is 568 g/mol. The fourth-order valence-electron chi connectivity index (χ4n) is 3.44. The van der Waals surface area contributed by atoms with Gasteiger partial charge in [0, 0.05) is 28.7 Å². The van der Waals surface area contributed by atoms with E-state index in [9.17, 15) is 13.2 Å². The Morgan fingerprint density at radius 3 is 2.14 bits per heavy atom. The molecule has 3 aromatic rings. The molecule has 3 rings (SSSR count). The van der Waals surface area contributed by atoms with Gasteiger partial charge in [0.15, 0.2) is 11.5 Å². The van der Waals surface area contributed by atoms with Crippen molar-refractivity contribution in [3.8, 4) is 23.0 Å². The van der Waals surface area contributed by atoms with E-state index in [1.807, 2.05) is 0 Å². The zero-order valence-corrected chi connectivity index (χ0v) is 22.9. The van der Waals surface area contributed by atoms with Gasteiger partial charge in [0.05, 0.1) is 39.0 Å². The van der Waals surface area contributed by atoms with Gasteiger partial charge in [-0.15, -0.1) is 0 Å². The number of carbonyl (C=O) groups excluding carboxylic acids is 1. The normalized spacial score (nSPS) is 11.0. The third kappa shape index (κ3) is 6.51. The quantitative estimate of drug-likeness (QED) is 0.362. The van der Waals surface area contributed by atoms with Crippen LogP contribution in [0.1, 0.15) is 5.56 Å². The molecule has 0 spiro atoms. The third-order valence-corrected chi connectivity index (χ3v) is 7.72. The lowest BCUT2D eigenvalue weighted by atomic mass is 10.2. The van der Waals surface area contributed by atoms with Crippen molar-refractivity contribution >= 4 is 44.8 Å². The van der Waals surface area contributed by atoms with E-state index in [0.29, 0.717) is 27.1 Å². The largest absolute Gasteiger partial charge is 0.497 e. The number of amides is 1. The van der Waals surface area contributed by atoms with E-state index >= 15 is 0 Å². The maximum Gasteiger partial charge on any atom is 0.265 e. The first kappa shape index (κ1) is 28.2. The summed E-state index contributed by atoms with van der Waals surface area (Å²) in [6.45, 7) is -0.500. The molecule has 37 heavy (non-hydrogen) atoms. The summed E-state index contributed by atoms with van der Waals surface area (Å²) in [4.78, 5) is 12.9. The van der Waals surface area contributed by atoms with Crippen LogP contribution in [0.2, 0.25) is 10.0 Å². The van der Waals surface area contributed by atoms with Crippen molar-refractivity contribution in [2.75, 3.05) is 39.3 Å². The lowest BCUT2D eigenvalue weighted by Crippen LogP contribution is -2.41. The van der Waals surface area contributed by atoms with Crippen molar-refractivity contribution < 1.29 is 32.2 Å². The number of hydrogen-bond acceptors (Lipinski definition) is 7. The Labute approximate surface area is 225 Å². The number of benzene rings is 3. The predicted octanol–water partition coefficient (Wildman–Crippen LogP) is 4.54. The van der Waals surface area contributed by atoms with E-state index in [1.165, 1.54) is 52.7 Å². The molecular weight excluding hydrogens is 543 g/mol. The SMILES string of the molecule is COc1ccc(OC)c(N(CC(=O)NCc2ccc(Cl)cc2Cl)S(=O)(=O)c2ccc(OC)c(OC)c2)c1. The predicted molar refractivity (Wildman–Crippen MR) is 142 cm³/mol. The minimum Gasteiger partial charge on any atom is -0.497 e. The van der Waals surface area contributed by atoms with Crippen LogP contribution in [0.5, 0.6) is 23.0 Å². The molecule has 0 heterocycles. The van der Waals surface area contributed by atoms with Crippen molar-refractivity contribution in [2.45, 2.75) is 11.4 Å². The second-order valence-electron chi connectivity index (χ2n) is 7.58. The fourth-order valence-corrected chi connectivity index (χ4v) is 5.36. The van der Waals surface area contributed by atoms with Crippen LogP contribution < -0.4 is 28.6 Å². The van der Waals surface area contributed by atoms with Crippen LogP contribution in [0.4, 0.5) is 5.69 Å². The average molecular weight is 569 g/mol. The molecule has 0 aliphatic heterocycles. The van der Waals surface area contributed by atoms with Gasteiger partial charge in [-0.2, -0.15) is 0 Å². The number of hydrogen-bond donors (Lipinski definition) is 1. The van der Waals surface area contributed by atoms with Gasteiger partial charge in [-0.25, -0.2) is 8.42 Å². The molecule has 0 aliphatic rings. The number of sulfonamides is 1. The van der Waals surface area contributed by atoms with E-state index in [2.05, 4.69) is 5.32 Å². The first-order valence-electron chi connectivity index (χ1n) is 10.8. The van der Waals surface area contributed by atoms with Gasteiger partial charge in [-0.3, -0.25) is 9.10 Å². The number of halogens is 2. The highest BCUT2D eigenvalue weighted by molar-refractivity contribution is 7.92. The Hall–Kier alpha value is -3.34. The Balaban J connectivity index is 2.02. The minimum absolute atomic E-state index is 0.0638. The second-order valence-corrected chi connectivity index (χ2v) is 10.3. The van der Waals surface area contributed by atoms with Gasteiger partial charge in [-0.05, 0) is 42.0 Å². The molecule has 12 heteroatoms. The molecule has 1 N–H and O–H groups in total. The Kier molecular flexibility index (Phi) is 9.36. The van der Waals surface area contributed by atoms with Gasteiger partial charge in [0.1, 0.15) is 18.0 Å². The van der Waals surface area contributed by atoms with E-state index in [4.69, 9.17) is 42.1 Å². The maximum absolute atomic E-state index is 13.9. The van der Waals surface area contributed by atoms with Crippen LogP contribution >= 0.6 is 23.2 Å². The van der Waals surface area contributed by atoms with Gasteiger partial charge in [0.2, 0.25) is 5.91 Å². The van der Waals surface area contributed by atoms with Crippen LogP contribution in [0, 0.1) is 0 Å². The highest BCUT2D eigenvalue weighted by Crippen LogP contribution is 2.37. The molecule has 0 atom stereocenters. The third-order valence-electron chi connectivity index (χ3n) is 5.38. The molecule has 198 valence electrons. The lowest BCUT2D eigenvalue weighted by Gasteiger charge is -2.26. The number of rotatable bonds is 11. The van der Waals surface area contributed by atoms with Crippen LogP contribution in [0.15, 0.2) is 59.5 Å². The number of ether oxygens (including phenoxy) is 4. The second kappa shape index (κ2) is 12.3. The maximum atomic E-state index is 13.9. The summed E-state index contributed by atoms with van der Waals surface area (Å²) in [6.07, 6.45) is 0. The summed E-state index contributed by atoms with van der Waals surface area (Å²) in [6, 6.07) is 13.7. The fraction of sp³-hybridized carbons (Fsp3) is 0.240. The standard InChI is InChI=1S/C25H26Cl2N2O7S/c1-33-18-7-9-22(34-2)21(12-18)29(15-25(30)28-14-16-5-6-17(26)11-20(16)27)37(31,32)19-8-10-23(35-3)24(13-19)36-4/h5-13H,14-15H2,1-4H3,(H,28,30). The number of carbonyl (C=O) groups is 1. The van der Waals surface area contributed by atoms with Crippen molar-refractivity contribution in [1.82, 2.24) is 5.32 Å². The molecule has 0 radical (unpaired) electrons. The molecule has 3 aromatic carbocycles. The summed E-state index contributed by atoms with van der Waals surface area (Å²) < 4.78 is 49.9. The minimum atomic E-state index is -4.30. The highest BCUT2D eigenvalue weighted by atomic mass is 35.5. The van der Waals surface area contributed by atoms with Crippen molar-refractivity contribution in [3.05, 3.63) is 70.2 Å². The molecular formula is C25H26Cl2N2O7S. The Morgan fingerprint density at radius 2 is 1.51 bits per heavy atom. The number of methoxy groups -OCH3 is 4. The molecule has 0 fully saturated rings. The van der Waals surface area contributed by atoms with Crippen molar-refractivity contribution in [3.63, 3.8) is 0 Å². The molecule has 0 unspecified atom stereocenters. The van der Waals surface area contributed by atoms with Crippen LogP contribution in [-0.2, 0) is 21.4 Å². The van der Waals surface area contributed by atoms with Gasteiger partial charge in [0.25, 0.3) is 10.0 Å². The summed E-state index contributed by atoms with van der Waals surface area (Å²) in [5.41, 5.74) is 0.726. The summed E-state index contributed by atoms with van der Waals surface area (Å²) in [5.74, 6) is 0.572. The van der Waals surface area contributed by atoms with E-state index < -0.39 is 22.5 Å². The molecule has 0 aliphatic carbocycles. The summed E-state index contributed by atoms with van der Waals surface area (Å²) in [5, 5.41) is 3.53. The number of nitrogens with zero attached hydrogens (tertiary/aromatic N) is 1. The smallest absolute Gasteiger partial charge is 0.265 e. The molecule has 9 nitrogen and oxygen atoms in total. The van der Waals surface area contributed by atoms with Gasteiger partial charge in [-0.1, -0.05) is 29.3 Å². The molecule has 0 saturated heterocycles. The van der Waals surface area contributed by atoms with E-state index in [0.717, 1.165) is 4.31 Å². The van der Waals surface area contributed by atoms with Crippen molar-refractivity contribution in [2.24, 2.45) is 0 Å². The first-order chi connectivity index (χ1) is 17.6. The topological polar surface area (TPSA) is 103 Å². The molecule has 1 amide bonds. The first-order valence-corrected chi connectivity index (χ1v) is 13.0. The van der Waals surface area contributed by atoms with Crippen LogP contribution in [0.25, 0.3) is 0 Å². The van der Waals surface area contributed by atoms with Gasteiger partial charge < -0.3 is 24.3 Å². The van der Waals surface area contributed by atoms with Crippen molar-refractivity contribution in [1.29, 1.82) is 0 Å². The zero-order valence-electron chi connectivity index (χ0n) is 20.6. The van der Waals surface area contributed by atoms with E-state index in [-0.39, 0.29) is 28.6 Å². The Morgan fingerprint density at radius 1 is 0.838 bits per heavy atom. The molecule has 0 saturated carbocycles. The number of anilines is 1. The molecule has 0 aromatic heterocycles. The highest BCUT2D eigenvalue weighted by Gasteiger charge is 2.31. The van der Waals surface area contributed by atoms with Crippen LogP contribution in [0.3, 0.4) is 0 Å². The summed E-state index contributed by atoms with van der Waals surface area (Å²) >= 11 is 12.1. The van der Waals surface area contributed by atoms with Crippen LogP contribution in [-0.4, -0.2) is 49.3 Å². The number of nitrogens with one attached hydrogen (secondary N) is 1. The average Bonchev–Trinajstić information content (AvgIpc) is 2.90. The summed E-state index contributed by atoms with van der Waals surface area (Å²) in [7, 11) is 1.38. The lowest BCUT2D eigenvalue weighted by molar-refractivity contribution is -0.119. The Bertz CT molecular complexity index is 1380. The van der Waals surface area contributed by atoms with Gasteiger partial charge >= 0.3 is 0 Å². The molecule has 0 bridgehead atoms. The van der Waals surface area contributed by atoms with E-state index in [1.54, 1.807) is 30.3 Å². The zero-order chi connectivity index (χ0) is 27.2.